The van der Waals surface area contributed by atoms with Crippen molar-refractivity contribution in [3.8, 4) is 11.4 Å². The molecular weight excluding hydrogens is 240 g/mol. The molecule has 0 aromatic carbocycles. The van der Waals surface area contributed by atoms with Crippen LogP contribution in [-0.2, 0) is 9.53 Å². The van der Waals surface area contributed by atoms with Gasteiger partial charge < -0.3 is 4.74 Å². The zero-order chi connectivity index (χ0) is 13.5. The van der Waals surface area contributed by atoms with Gasteiger partial charge in [0, 0.05) is 18.5 Å². The van der Waals surface area contributed by atoms with Gasteiger partial charge in [-0.05, 0) is 42.8 Å². The molecule has 2 heterocycles. The lowest BCUT2D eigenvalue weighted by Gasteiger charge is -2.00. The van der Waals surface area contributed by atoms with Gasteiger partial charge in [0.15, 0.2) is 0 Å². The summed E-state index contributed by atoms with van der Waals surface area (Å²) in [5, 5.41) is 0. The van der Waals surface area contributed by atoms with Crippen LogP contribution in [0.3, 0.4) is 0 Å². The molecule has 19 heavy (non-hydrogen) atoms. The Kier molecular flexibility index (Phi) is 4.39. The molecule has 2 aromatic heterocycles. The van der Waals surface area contributed by atoms with Gasteiger partial charge in [0.25, 0.3) is 0 Å². The summed E-state index contributed by atoms with van der Waals surface area (Å²) in [6, 6.07) is 9.35. The summed E-state index contributed by atoms with van der Waals surface area (Å²) in [6.07, 6.45) is 6.51. The molecule has 4 heteroatoms. The van der Waals surface area contributed by atoms with E-state index < -0.39 is 0 Å². The van der Waals surface area contributed by atoms with Crippen molar-refractivity contribution in [3.05, 3.63) is 54.4 Å². The van der Waals surface area contributed by atoms with E-state index in [2.05, 4.69) is 9.97 Å². The number of pyridine rings is 2. The summed E-state index contributed by atoms with van der Waals surface area (Å²) in [6.45, 7) is 2.15. The molecule has 0 amide bonds. The molecule has 0 saturated heterocycles. The summed E-state index contributed by atoms with van der Waals surface area (Å²) in [4.78, 5) is 19.7. The fourth-order valence-corrected chi connectivity index (χ4v) is 1.56. The van der Waals surface area contributed by atoms with Crippen molar-refractivity contribution in [2.45, 2.75) is 6.92 Å². The fraction of sp³-hybridized carbons (Fsp3) is 0.133. The lowest BCUT2D eigenvalue weighted by Crippen LogP contribution is -1.98. The second-order valence-corrected chi connectivity index (χ2v) is 3.77. The molecule has 2 aromatic rings. The van der Waals surface area contributed by atoms with Gasteiger partial charge in [-0.3, -0.25) is 9.97 Å². The van der Waals surface area contributed by atoms with Crippen molar-refractivity contribution in [2.24, 2.45) is 0 Å². The monoisotopic (exact) mass is 254 g/mol. The number of ether oxygens (including phenoxy) is 1. The Labute approximate surface area is 111 Å². The first kappa shape index (κ1) is 13.0. The maximum Gasteiger partial charge on any atom is 0.330 e. The topological polar surface area (TPSA) is 52.1 Å². The number of carbonyl (C=O) groups excluding carboxylic acids is 1. The summed E-state index contributed by atoms with van der Waals surface area (Å²) in [7, 11) is 0. The molecule has 0 radical (unpaired) electrons. The Balaban J connectivity index is 2.18. The van der Waals surface area contributed by atoms with Crippen LogP contribution < -0.4 is 0 Å². The number of rotatable bonds is 4. The van der Waals surface area contributed by atoms with Gasteiger partial charge in [-0.1, -0.05) is 6.07 Å². The Morgan fingerprint density at radius 3 is 2.79 bits per heavy atom. The third-order valence-electron chi connectivity index (χ3n) is 2.41. The maximum atomic E-state index is 11.2. The molecule has 0 aliphatic rings. The van der Waals surface area contributed by atoms with E-state index in [1.807, 2.05) is 30.3 Å². The molecule has 0 saturated carbocycles. The second-order valence-electron chi connectivity index (χ2n) is 3.77. The molecule has 0 bridgehead atoms. The quantitative estimate of drug-likeness (QED) is 0.622. The second kappa shape index (κ2) is 6.44. The lowest BCUT2D eigenvalue weighted by atomic mass is 10.1. The van der Waals surface area contributed by atoms with Crippen LogP contribution in [0.25, 0.3) is 17.5 Å². The highest BCUT2D eigenvalue weighted by Gasteiger charge is 2.00. The highest BCUT2D eigenvalue weighted by Crippen LogP contribution is 2.15. The van der Waals surface area contributed by atoms with Crippen LogP contribution in [0.15, 0.2) is 48.8 Å². The van der Waals surface area contributed by atoms with Crippen LogP contribution in [0, 0.1) is 0 Å². The van der Waals surface area contributed by atoms with E-state index >= 15 is 0 Å². The Morgan fingerprint density at radius 1 is 1.21 bits per heavy atom. The molecule has 4 nitrogen and oxygen atoms in total. The Bertz CT molecular complexity index is 580. The maximum absolute atomic E-state index is 11.2. The smallest absolute Gasteiger partial charge is 0.330 e. The summed E-state index contributed by atoms with van der Waals surface area (Å²) in [5.74, 6) is -0.348. The van der Waals surface area contributed by atoms with Gasteiger partial charge in [-0.25, -0.2) is 4.79 Å². The average Bonchev–Trinajstić information content (AvgIpc) is 2.47. The molecule has 0 fully saturated rings. The fourth-order valence-electron chi connectivity index (χ4n) is 1.56. The first-order valence-electron chi connectivity index (χ1n) is 6.02. The Hall–Kier alpha value is -2.49. The minimum absolute atomic E-state index is 0.348. The van der Waals surface area contributed by atoms with E-state index in [1.54, 1.807) is 25.4 Å². The highest BCUT2D eigenvalue weighted by atomic mass is 16.5. The summed E-state index contributed by atoms with van der Waals surface area (Å²) in [5.41, 5.74) is 2.45. The molecule has 0 atom stereocenters. The third-order valence-corrected chi connectivity index (χ3v) is 2.41. The third kappa shape index (κ3) is 3.74. The normalized spacial score (nSPS) is 10.6. The first-order valence-corrected chi connectivity index (χ1v) is 6.02. The van der Waals surface area contributed by atoms with Crippen molar-refractivity contribution >= 4 is 12.0 Å². The van der Waals surface area contributed by atoms with E-state index in [0.717, 1.165) is 17.0 Å². The molecule has 0 N–H and O–H groups in total. The van der Waals surface area contributed by atoms with Crippen molar-refractivity contribution in [1.82, 2.24) is 9.97 Å². The largest absolute Gasteiger partial charge is 0.463 e. The summed E-state index contributed by atoms with van der Waals surface area (Å²) >= 11 is 0. The first-order chi connectivity index (χ1) is 9.29. The van der Waals surface area contributed by atoms with Crippen molar-refractivity contribution in [2.75, 3.05) is 6.61 Å². The van der Waals surface area contributed by atoms with Crippen molar-refractivity contribution in [1.29, 1.82) is 0 Å². The van der Waals surface area contributed by atoms with Crippen molar-refractivity contribution in [3.63, 3.8) is 0 Å². The Morgan fingerprint density at radius 2 is 2.05 bits per heavy atom. The number of nitrogens with zero attached hydrogens (tertiary/aromatic N) is 2. The molecule has 0 spiro atoms. The molecule has 0 unspecified atom stereocenters. The van der Waals surface area contributed by atoms with E-state index in [4.69, 9.17) is 4.74 Å². The van der Waals surface area contributed by atoms with Crippen molar-refractivity contribution < 1.29 is 9.53 Å². The van der Waals surface area contributed by atoms with Gasteiger partial charge in [0.1, 0.15) is 0 Å². The number of esters is 1. The van der Waals surface area contributed by atoms with Crippen LogP contribution in [0.1, 0.15) is 12.5 Å². The van der Waals surface area contributed by atoms with Gasteiger partial charge in [0.05, 0.1) is 18.0 Å². The van der Waals surface area contributed by atoms with Gasteiger partial charge >= 0.3 is 5.97 Å². The average molecular weight is 254 g/mol. The van der Waals surface area contributed by atoms with Crippen LogP contribution in [0.4, 0.5) is 0 Å². The van der Waals surface area contributed by atoms with E-state index in [1.165, 1.54) is 6.08 Å². The molecule has 2 rings (SSSR count). The summed E-state index contributed by atoms with van der Waals surface area (Å²) < 4.78 is 4.82. The van der Waals surface area contributed by atoms with E-state index in [0.29, 0.717) is 6.61 Å². The van der Waals surface area contributed by atoms with Gasteiger partial charge in [-0.2, -0.15) is 0 Å². The highest BCUT2D eigenvalue weighted by molar-refractivity contribution is 5.87. The minimum atomic E-state index is -0.348. The SMILES string of the molecule is CCOC(=O)/C=C/c1ccnc(-c2ccccn2)c1. The number of carbonyl (C=O) groups is 1. The standard InChI is InChI=1S/C15H14N2O2/c1-2-19-15(18)7-6-12-8-10-17-14(11-12)13-5-3-4-9-16-13/h3-11H,2H2,1H3/b7-6+. The number of hydrogen-bond acceptors (Lipinski definition) is 4. The molecular formula is C15H14N2O2. The van der Waals surface area contributed by atoms with E-state index in [9.17, 15) is 4.79 Å². The van der Waals surface area contributed by atoms with Crippen LogP contribution in [-0.4, -0.2) is 22.5 Å². The zero-order valence-electron chi connectivity index (χ0n) is 10.6. The molecule has 0 aliphatic heterocycles. The minimum Gasteiger partial charge on any atom is -0.463 e. The van der Waals surface area contributed by atoms with Gasteiger partial charge in [-0.15, -0.1) is 0 Å². The predicted octanol–water partition coefficient (Wildman–Crippen LogP) is 2.72. The molecule has 96 valence electrons. The number of hydrogen-bond donors (Lipinski definition) is 0. The number of aromatic nitrogens is 2. The van der Waals surface area contributed by atoms with Gasteiger partial charge in [0.2, 0.25) is 0 Å². The molecule has 0 aliphatic carbocycles. The lowest BCUT2D eigenvalue weighted by molar-refractivity contribution is -0.137. The van der Waals surface area contributed by atoms with E-state index in [-0.39, 0.29) is 5.97 Å². The van der Waals surface area contributed by atoms with Crippen LogP contribution in [0.5, 0.6) is 0 Å². The zero-order valence-corrected chi connectivity index (χ0v) is 10.6. The van der Waals surface area contributed by atoms with Crippen LogP contribution in [0.2, 0.25) is 0 Å². The predicted molar refractivity (Wildman–Crippen MR) is 73.1 cm³/mol. The van der Waals surface area contributed by atoms with Crippen LogP contribution >= 0.6 is 0 Å².